The summed E-state index contributed by atoms with van der Waals surface area (Å²) in [5.74, 6) is -0.446. The van der Waals surface area contributed by atoms with Gasteiger partial charge in [0.2, 0.25) is 10.0 Å². The molecular formula is C20H24F3NO2S2. The van der Waals surface area contributed by atoms with Crippen LogP contribution < -0.4 is 4.72 Å². The minimum Gasteiger partial charge on any atom is -0.207 e. The zero-order valence-electron chi connectivity index (χ0n) is 16.4. The van der Waals surface area contributed by atoms with Crippen LogP contribution in [-0.4, -0.2) is 26.4 Å². The van der Waals surface area contributed by atoms with E-state index >= 15 is 0 Å². The van der Waals surface area contributed by atoms with Gasteiger partial charge in [0, 0.05) is 10.6 Å². The summed E-state index contributed by atoms with van der Waals surface area (Å²) in [5, 5.41) is 0. The van der Waals surface area contributed by atoms with E-state index in [1.807, 2.05) is 43.7 Å². The van der Waals surface area contributed by atoms with Gasteiger partial charge in [0.15, 0.2) is 0 Å². The number of benzene rings is 2. The number of rotatable bonds is 6. The first-order valence-corrected chi connectivity index (χ1v) is 11.2. The Hall–Kier alpha value is -1.51. The van der Waals surface area contributed by atoms with Crippen molar-refractivity contribution in [3.05, 3.63) is 58.1 Å². The average Bonchev–Trinajstić information content (AvgIpc) is 2.50. The van der Waals surface area contributed by atoms with Crippen molar-refractivity contribution in [1.29, 1.82) is 0 Å². The predicted octanol–water partition coefficient (Wildman–Crippen LogP) is 5.23. The standard InChI is InChI=1S/C20H24F3NO2S2/c1-12-9-15(4)19(16(5)10-12)28(25,26)24-17(20(21,22)23)11-27-18-13(2)7-6-8-14(18)3/h6-10,17,24H,11H2,1-5H3. The summed E-state index contributed by atoms with van der Waals surface area (Å²) in [6.07, 6.45) is -4.71. The van der Waals surface area contributed by atoms with Crippen LogP contribution in [0.15, 0.2) is 40.1 Å². The second-order valence-electron chi connectivity index (χ2n) is 6.98. The van der Waals surface area contributed by atoms with Crippen molar-refractivity contribution >= 4 is 21.8 Å². The van der Waals surface area contributed by atoms with Gasteiger partial charge in [-0.3, -0.25) is 0 Å². The van der Waals surface area contributed by atoms with Gasteiger partial charge in [-0.25, -0.2) is 8.42 Å². The van der Waals surface area contributed by atoms with Gasteiger partial charge < -0.3 is 0 Å². The lowest BCUT2D eigenvalue weighted by molar-refractivity contribution is -0.145. The normalized spacial score (nSPS) is 13.6. The van der Waals surface area contributed by atoms with Gasteiger partial charge in [-0.05, 0) is 56.9 Å². The monoisotopic (exact) mass is 431 g/mol. The third kappa shape index (κ3) is 5.30. The van der Waals surface area contributed by atoms with Crippen LogP contribution in [0.3, 0.4) is 0 Å². The lowest BCUT2D eigenvalue weighted by Crippen LogP contribution is -2.47. The van der Waals surface area contributed by atoms with E-state index in [2.05, 4.69) is 0 Å². The molecule has 1 atom stereocenters. The van der Waals surface area contributed by atoms with Crippen molar-refractivity contribution in [3.63, 3.8) is 0 Å². The Morgan fingerprint density at radius 3 is 1.93 bits per heavy atom. The third-order valence-electron chi connectivity index (χ3n) is 4.37. The summed E-state index contributed by atoms with van der Waals surface area (Å²) in [7, 11) is -4.33. The van der Waals surface area contributed by atoms with E-state index in [0.717, 1.165) is 33.3 Å². The molecule has 2 aromatic carbocycles. The number of hydrogen-bond donors (Lipinski definition) is 1. The summed E-state index contributed by atoms with van der Waals surface area (Å²) in [5.41, 5.74) is 3.42. The first-order chi connectivity index (χ1) is 12.8. The number of aryl methyl sites for hydroxylation is 5. The van der Waals surface area contributed by atoms with E-state index in [1.54, 1.807) is 26.0 Å². The van der Waals surface area contributed by atoms with Crippen LogP contribution in [-0.2, 0) is 10.0 Å². The second kappa shape index (κ2) is 8.47. The molecule has 2 rings (SSSR count). The summed E-state index contributed by atoms with van der Waals surface area (Å²) in [6, 6.07) is 6.58. The zero-order valence-corrected chi connectivity index (χ0v) is 18.1. The molecular weight excluding hydrogens is 407 g/mol. The van der Waals surface area contributed by atoms with E-state index < -0.39 is 28.0 Å². The first-order valence-electron chi connectivity index (χ1n) is 8.69. The summed E-state index contributed by atoms with van der Waals surface area (Å²) >= 11 is 1.01. The molecule has 0 aliphatic rings. The summed E-state index contributed by atoms with van der Waals surface area (Å²) in [4.78, 5) is 0.642. The Bertz CT molecular complexity index is 927. The maximum atomic E-state index is 13.6. The molecule has 0 saturated carbocycles. The molecule has 0 aliphatic carbocycles. The van der Waals surface area contributed by atoms with Gasteiger partial charge in [-0.1, -0.05) is 35.9 Å². The van der Waals surface area contributed by atoms with Crippen LogP contribution in [0.25, 0.3) is 0 Å². The van der Waals surface area contributed by atoms with Crippen LogP contribution in [0.5, 0.6) is 0 Å². The molecule has 1 N–H and O–H groups in total. The SMILES string of the molecule is Cc1cc(C)c(S(=O)(=O)NC(CSc2c(C)cccc2C)C(F)(F)F)c(C)c1. The Morgan fingerprint density at radius 1 is 0.964 bits per heavy atom. The molecule has 0 radical (unpaired) electrons. The maximum absolute atomic E-state index is 13.6. The fraction of sp³-hybridized carbons (Fsp3) is 0.400. The Kier molecular flexibility index (Phi) is 6.89. The Balaban J connectivity index is 2.32. The molecule has 0 spiro atoms. The molecule has 3 nitrogen and oxygen atoms in total. The predicted molar refractivity (Wildman–Crippen MR) is 107 cm³/mol. The van der Waals surface area contributed by atoms with Crippen molar-refractivity contribution in [3.8, 4) is 0 Å². The van der Waals surface area contributed by atoms with Gasteiger partial charge in [0.05, 0.1) is 4.90 Å². The molecule has 0 saturated heterocycles. The Labute approximate surface area is 168 Å². The quantitative estimate of drug-likeness (QED) is 0.637. The van der Waals surface area contributed by atoms with Gasteiger partial charge in [0.25, 0.3) is 0 Å². The average molecular weight is 432 g/mol. The molecule has 0 amide bonds. The fourth-order valence-corrected chi connectivity index (χ4v) is 6.20. The van der Waals surface area contributed by atoms with Gasteiger partial charge in [-0.2, -0.15) is 17.9 Å². The summed E-state index contributed by atoms with van der Waals surface area (Å²) in [6.45, 7) is 8.62. The molecule has 8 heteroatoms. The van der Waals surface area contributed by atoms with Crippen LogP contribution in [0.2, 0.25) is 0 Å². The van der Waals surface area contributed by atoms with Crippen molar-refractivity contribution in [1.82, 2.24) is 4.72 Å². The van der Waals surface area contributed by atoms with Crippen LogP contribution >= 0.6 is 11.8 Å². The fourth-order valence-electron chi connectivity index (χ4n) is 3.23. The lowest BCUT2D eigenvalue weighted by Gasteiger charge is -2.23. The zero-order chi connectivity index (χ0) is 21.3. The number of sulfonamides is 1. The molecule has 0 heterocycles. The topological polar surface area (TPSA) is 46.2 Å². The first kappa shape index (κ1) is 22.8. The lowest BCUT2D eigenvalue weighted by atomic mass is 10.1. The summed E-state index contributed by atoms with van der Waals surface area (Å²) < 4.78 is 68.2. The smallest absolute Gasteiger partial charge is 0.207 e. The maximum Gasteiger partial charge on any atom is 0.405 e. The second-order valence-corrected chi connectivity index (χ2v) is 9.66. The van der Waals surface area contributed by atoms with Crippen LogP contribution in [0.4, 0.5) is 13.2 Å². The van der Waals surface area contributed by atoms with E-state index in [1.165, 1.54) is 0 Å². The van der Waals surface area contributed by atoms with Crippen molar-refractivity contribution < 1.29 is 21.6 Å². The number of hydrogen-bond acceptors (Lipinski definition) is 3. The molecule has 2 aromatic rings. The number of nitrogens with one attached hydrogen (secondary N) is 1. The molecule has 0 aromatic heterocycles. The Morgan fingerprint density at radius 2 is 1.46 bits per heavy atom. The van der Waals surface area contributed by atoms with E-state index in [0.29, 0.717) is 11.1 Å². The highest BCUT2D eigenvalue weighted by atomic mass is 32.2. The molecule has 1 unspecified atom stereocenters. The minimum atomic E-state index is -4.71. The van der Waals surface area contributed by atoms with Crippen LogP contribution in [0.1, 0.15) is 27.8 Å². The molecule has 0 bridgehead atoms. The number of alkyl halides is 3. The van der Waals surface area contributed by atoms with E-state index in [4.69, 9.17) is 0 Å². The van der Waals surface area contributed by atoms with Gasteiger partial charge in [-0.15, -0.1) is 11.8 Å². The third-order valence-corrected chi connectivity index (χ3v) is 7.58. The van der Waals surface area contributed by atoms with Crippen molar-refractivity contribution in [2.45, 2.75) is 56.6 Å². The van der Waals surface area contributed by atoms with Gasteiger partial charge >= 0.3 is 6.18 Å². The number of halogens is 3. The molecule has 0 fully saturated rings. The minimum absolute atomic E-state index is 0.0931. The van der Waals surface area contributed by atoms with Crippen molar-refractivity contribution in [2.24, 2.45) is 0 Å². The van der Waals surface area contributed by atoms with E-state index in [9.17, 15) is 21.6 Å². The largest absolute Gasteiger partial charge is 0.405 e. The van der Waals surface area contributed by atoms with Crippen molar-refractivity contribution in [2.75, 3.05) is 5.75 Å². The highest BCUT2D eigenvalue weighted by Gasteiger charge is 2.42. The molecule has 154 valence electrons. The number of thioether (sulfide) groups is 1. The highest BCUT2D eigenvalue weighted by Crippen LogP contribution is 2.32. The molecule has 28 heavy (non-hydrogen) atoms. The highest BCUT2D eigenvalue weighted by molar-refractivity contribution is 7.99. The van der Waals surface area contributed by atoms with Gasteiger partial charge in [0.1, 0.15) is 6.04 Å². The van der Waals surface area contributed by atoms with Crippen LogP contribution in [0, 0.1) is 34.6 Å². The molecule has 0 aliphatic heterocycles. The van der Waals surface area contributed by atoms with E-state index in [-0.39, 0.29) is 4.90 Å².